The third kappa shape index (κ3) is 6.98. The number of hydrogen-bond acceptors (Lipinski definition) is 4. The molecule has 1 heterocycles. The smallest absolute Gasteiger partial charge is 0.237 e. The fourth-order valence-electron chi connectivity index (χ4n) is 6.32. The van der Waals surface area contributed by atoms with Crippen LogP contribution in [0.5, 0.6) is 5.75 Å². The summed E-state index contributed by atoms with van der Waals surface area (Å²) in [5, 5.41) is 13.3. The van der Waals surface area contributed by atoms with E-state index in [9.17, 15) is 14.7 Å². The minimum atomic E-state index is -0.751. The van der Waals surface area contributed by atoms with Crippen LogP contribution in [0, 0.1) is 6.92 Å². The maximum Gasteiger partial charge on any atom is 0.237 e. The molecule has 2 amide bonds. The third-order valence-corrected chi connectivity index (χ3v) is 8.44. The molecule has 5 rings (SSSR count). The Kier molecular flexibility index (Phi) is 9.27. The van der Waals surface area contributed by atoms with Gasteiger partial charge in [0.25, 0.3) is 0 Å². The molecular formula is C37H41N3O3. The Morgan fingerprint density at radius 1 is 0.930 bits per heavy atom. The van der Waals surface area contributed by atoms with E-state index in [1.165, 1.54) is 5.56 Å². The van der Waals surface area contributed by atoms with Crippen molar-refractivity contribution in [2.75, 3.05) is 11.4 Å². The number of nitrogens with zero attached hydrogens (tertiary/aromatic N) is 1. The summed E-state index contributed by atoms with van der Waals surface area (Å²) in [6.07, 6.45) is 3.15. The van der Waals surface area contributed by atoms with Crippen LogP contribution in [0.4, 0.5) is 5.69 Å². The molecule has 4 aromatic rings. The lowest BCUT2D eigenvalue weighted by Crippen LogP contribution is -2.46. The molecule has 1 aliphatic heterocycles. The van der Waals surface area contributed by atoms with Crippen LogP contribution in [-0.4, -0.2) is 29.5 Å². The van der Waals surface area contributed by atoms with Crippen LogP contribution in [-0.2, 0) is 35.3 Å². The molecule has 6 heteroatoms. The van der Waals surface area contributed by atoms with Gasteiger partial charge in [0.1, 0.15) is 5.75 Å². The van der Waals surface area contributed by atoms with Gasteiger partial charge in [-0.05, 0) is 95.7 Å². The van der Waals surface area contributed by atoms with Crippen LogP contribution in [0.3, 0.4) is 0 Å². The van der Waals surface area contributed by atoms with Gasteiger partial charge in [0, 0.05) is 13.5 Å². The first-order chi connectivity index (χ1) is 20.7. The number of phenolic OH excluding ortho intramolecular Hbond substituents is 1. The maximum atomic E-state index is 13.6. The summed E-state index contributed by atoms with van der Waals surface area (Å²) in [4.78, 5) is 28.4. The van der Waals surface area contributed by atoms with Crippen LogP contribution in [0.25, 0.3) is 0 Å². The zero-order valence-electron chi connectivity index (χ0n) is 25.3. The van der Waals surface area contributed by atoms with Gasteiger partial charge in [0.15, 0.2) is 0 Å². The molecule has 0 saturated carbocycles. The molecule has 0 unspecified atom stereocenters. The van der Waals surface area contributed by atoms with Crippen LogP contribution in [0.15, 0.2) is 84.9 Å². The van der Waals surface area contributed by atoms with E-state index in [2.05, 4.69) is 41.7 Å². The first-order valence-corrected chi connectivity index (χ1v) is 15.1. The lowest BCUT2D eigenvalue weighted by molar-refractivity contribution is -0.123. The Morgan fingerprint density at radius 3 is 2.21 bits per heavy atom. The molecule has 4 aromatic carbocycles. The average Bonchev–Trinajstić information content (AvgIpc) is 2.99. The van der Waals surface area contributed by atoms with Crippen LogP contribution in [0.1, 0.15) is 70.8 Å². The second kappa shape index (κ2) is 13.3. The van der Waals surface area contributed by atoms with Gasteiger partial charge in [0.05, 0.1) is 17.8 Å². The minimum absolute atomic E-state index is 0.0113. The lowest BCUT2D eigenvalue weighted by Gasteiger charge is -2.37. The third-order valence-electron chi connectivity index (χ3n) is 8.44. The van der Waals surface area contributed by atoms with E-state index in [0.29, 0.717) is 25.8 Å². The number of hydrogen-bond donors (Lipinski definition) is 3. The summed E-state index contributed by atoms with van der Waals surface area (Å²) >= 11 is 0. The number of carbonyl (C=O) groups is 2. The van der Waals surface area contributed by atoms with Crippen molar-refractivity contribution in [1.29, 1.82) is 0 Å². The molecule has 6 nitrogen and oxygen atoms in total. The van der Waals surface area contributed by atoms with Gasteiger partial charge in [0.2, 0.25) is 11.8 Å². The minimum Gasteiger partial charge on any atom is -0.508 e. The lowest BCUT2D eigenvalue weighted by atomic mass is 9.87. The highest BCUT2D eigenvalue weighted by Crippen LogP contribution is 2.39. The van der Waals surface area contributed by atoms with Crippen molar-refractivity contribution in [2.24, 2.45) is 5.73 Å². The van der Waals surface area contributed by atoms with Crippen molar-refractivity contribution in [3.8, 4) is 5.75 Å². The molecule has 0 saturated heterocycles. The predicted octanol–water partition coefficient (Wildman–Crippen LogP) is 5.93. The van der Waals surface area contributed by atoms with Crippen LogP contribution < -0.4 is 16.0 Å². The molecule has 0 bridgehead atoms. The van der Waals surface area contributed by atoms with Crippen LogP contribution in [0.2, 0.25) is 0 Å². The first-order valence-electron chi connectivity index (χ1n) is 15.1. The molecule has 0 spiro atoms. The van der Waals surface area contributed by atoms with Crippen molar-refractivity contribution < 1.29 is 14.7 Å². The Labute approximate surface area is 254 Å². The number of rotatable bonds is 9. The second-order valence-corrected chi connectivity index (χ2v) is 11.6. The standard InChI is InChI=1S/C37H41N3O3/c1-4-29-22-31(42)17-24(2)32(29)23-34(38)37(43)39-35-15-16-40(25(3)41)36-30(19-27-13-9-6-10-14-27)20-28(21-33(35)36)18-26-11-7-5-8-12-26/h5-14,17,20-22,34-35,42H,4,15-16,18-19,23,38H2,1-3H3,(H,39,43)/t34-,35+/m0/s1. The number of anilines is 1. The average molecular weight is 576 g/mol. The number of benzene rings is 4. The Bertz CT molecular complexity index is 1600. The summed E-state index contributed by atoms with van der Waals surface area (Å²) in [6.45, 7) is 6.09. The Balaban J connectivity index is 1.50. The summed E-state index contributed by atoms with van der Waals surface area (Å²) in [5.74, 6) is -0.00912. The second-order valence-electron chi connectivity index (χ2n) is 11.6. The highest BCUT2D eigenvalue weighted by atomic mass is 16.3. The Morgan fingerprint density at radius 2 is 1.58 bits per heavy atom. The molecule has 4 N–H and O–H groups in total. The van der Waals surface area contributed by atoms with Gasteiger partial charge < -0.3 is 21.1 Å². The Hall–Kier alpha value is -4.42. The highest BCUT2D eigenvalue weighted by molar-refractivity contribution is 5.94. The number of aromatic hydroxyl groups is 1. The number of aryl methyl sites for hydroxylation is 2. The molecular weight excluding hydrogens is 534 g/mol. The van der Waals surface area contributed by atoms with E-state index < -0.39 is 6.04 Å². The molecule has 0 fully saturated rings. The number of phenols is 1. The van der Waals surface area contributed by atoms with Gasteiger partial charge in [-0.1, -0.05) is 79.7 Å². The summed E-state index contributed by atoms with van der Waals surface area (Å²) in [6, 6.07) is 27.4. The molecule has 0 aliphatic carbocycles. The van der Waals surface area contributed by atoms with Crippen LogP contribution >= 0.6 is 0 Å². The number of amides is 2. The number of nitrogens with one attached hydrogen (secondary N) is 1. The van der Waals surface area contributed by atoms with Crippen molar-refractivity contribution in [1.82, 2.24) is 5.32 Å². The molecule has 1 aliphatic rings. The van der Waals surface area contributed by atoms with Crippen molar-refractivity contribution >= 4 is 17.5 Å². The quantitative estimate of drug-likeness (QED) is 0.231. The SMILES string of the molecule is CCc1cc(O)cc(C)c1C[C@H](N)C(=O)N[C@@H]1CCN(C(C)=O)c2c(Cc3ccccc3)cc(Cc3ccccc3)cc21. The largest absolute Gasteiger partial charge is 0.508 e. The van der Waals surface area contributed by atoms with E-state index in [4.69, 9.17) is 5.73 Å². The van der Waals surface area contributed by atoms with Crippen molar-refractivity contribution in [2.45, 2.75) is 65.0 Å². The van der Waals surface area contributed by atoms with Gasteiger partial charge >= 0.3 is 0 Å². The van der Waals surface area contributed by atoms with Gasteiger partial charge in [-0.25, -0.2) is 0 Å². The summed E-state index contributed by atoms with van der Waals surface area (Å²) < 4.78 is 0. The molecule has 222 valence electrons. The number of fused-ring (bicyclic) bond motifs is 1. The van der Waals surface area contributed by atoms with E-state index in [0.717, 1.165) is 57.5 Å². The normalized spacial score (nSPS) is 15.1. The van der Waals surface area contributed by atoms with Gasteiger partial charge in [-0.2, -0.15) is 0 Å². The first kappa shape index (κ1) is 30.1. The van der Waals surface area contributed by atoms with E-state index in [-0.39, 0.29) is 23.6 Å². The predicted molar refractivity (Wildman–Crippen MR) is 172 cm³/mol. The van der Waals surface area contributed by atoms with E-state index >= 15 is 0 Å². The maximum absolute atomic E-state index is 13.6. The number of nitrogens with two attached hydrogens (primary N) is 1. The zero-order valence-corrected chi connectivity index (χ0v) is 25.3. The van der Waals surface area contributed by atoms with Gasteiger partial charge in [-0.15, -0.1) is 0 Å². The molecule has 0 aromatic heterocycles. The van der Waals surface area contributed by atoms with Crippen molar-refractivity contribution in [3.05, 3.63) is 129 Å². The zero-order chi connectivity index (χ0) is 30.5. The van der Waals surface area contributed by atoms with Gasteiger partial charge in [-0.3, -0.25) is 9.59 Å². The fraction of sp³-hybridized carbons (Fsp3) is 0.297. The molecule has 0 radical (unpaired) electrons. The van der Waals surface area contributed by atoms with E-state index in [1.807, 2.05) is 55.1 Å². The molecule has 2 atom stereocenters. The van der Waals surface area contributed by atoms with E-state index in [1.54, 1.807) is 19.1 Å². The highest BCUT2D eigenvalue weighted by Gasteiger charge is 2.32. The monoisotopic (exact) mass is 575 g/mol. The summed E-state index contributed by atoms with van der Waals surface area (Å²) in [5.41, 5.74) is 15.9. The summed E-state index contributed by atoms with van der Waals surface area (Å²) in [7, 11) is 0. The topological polar surface area (TPSA) is 95.7 Å². The number of carbonyl (C=O) groups excluding carboxylic acids is 2. The molecule has 43 heavy (non-hydrogen) atoms. The fourth-order valence-corrected chi connectivity index (χ4v) is 6.32. The van der Waals surface area contributed by atoms with Crippen molar-refractivity contribution in [3.63, 3.8) is 0 Å².